The van der Waals surface area contributed by atoms with Crippen molar-refractivity contribution in [1.29, 1.82) is 0 Å². The van der Waals surface area contributed by atoms with Crippen molar-refractivity contribution in [2.45, 2.75) is 58.9 Å². The highest BCUT2D eigenvalue weighted by atomic mass is 16.7. The van der Waals surface area contributed by atoms with Crippen LogP contribution in [0.1, 0.15) is 41.5 Å². The van der Waals surface area contributed by atoms with Crippen LogP contribution in [-0.4, -0.2) is 62.7 Å². The lowest BCUT2D eigenvalue weighted by Gasteiger charge is -2.47. The highest BCUT2D eigenvalue weighted by Crippen LogP contribution is 2.24. The topological polar surface area (TPSA) is 128 Å². The first kappa shape index (κ1) is 20.4. The standard InChI is InChI=1S/C13H28N4O5/c1-12(2,3)16(10(18)19)9(15-22-8-7-14)17(11(20)21)13(4,5)6/h9,15H,7-8,14H2,1-6H3,(H,18,19)(H,20,21). The van der Waals surface area contributed by atoms with E-state index in [1.807, 2.05) is 0 Å². The third-order valence-electron chi connectivity index (χ3n) is 2.76. The Morgan fingerprint density at radius 3 is 1.64 bits per heavy atom. The van der Waals surface area contributed by atoms with E-state index in [2.05, 4.69) is 5.48 Å². The largest absolute Gasteiger partial charge is 0.465 e. The number of nitrogens with one attached hydrogen (secondary N) is 1. The van der Waals surface area contributed by atoms with Crippen LogP contribution >= 0.6 is 0 Å². The summed E-state index contributed by atoms with van der Waals surface area (Å²) in [6.07, 6.45) is -3.75. The molecule has 0 heterocycles. The Bertz CT molecular complexity index is 357. The van der Waals surface area contributed by atoms with Crippen LogP contribution in [-0.2, 0) is 4.84 Å². The van der Waals surface area contributed by atoms with Crippen LogP contribution in [0.25, 0.3) is 0 Å². The molecule has 9 nitrogen and oxygen atoms in total. The van der Waals surface area contributed by atoms with Gasteiger partial charge in [-0.3, -0.25) is 14.6 Å². The van der Waals surface area contributed by atoms with Gasteiger partial charge in [0.05, 0.1) is 6.61 Å². The molecular weight excluding hydrogens is 292 g/mol. The van der Waals surface area contributed by atoms with E-state index in [9.17, 15) is 19.8 Å². The van der Waals surface area contributed by atoms with Crippen molar-refractivity contribution in [3.63, 3.8) is 0 Å². The van der Waals surface area contributed by atoms with Crippen LogP contribution in [0.3, 0.4) is 0 Å². The Hall–Kier alpha value is -1.58. The predicted molar refractivity (Wildman–Crippen MR) is 81.2 cm³/mol. The number of amides is 2. The second kappa shape index (κ2) is 7.61. The monoisotopic (exact) mass is 320 g/mol. The SMILES string of the molecule is CC(C)(C)N(C(=O)O)C(NOCCN)N(C(=O)O)C(C)(C)C. The fraction of sp³-hybridized carbons (Fsp3) is 0.846. The van der Waals surface area contributed by atoms with Crippen LogP contribution < -0.4 is 11.2 Å². The number of nitrogens with zero attached hydrogens (tertiary/aromatic N) is 2. The average Bonchev–Trinajstić information content (AvgIpc) is 2.23. The number of rotatable bonds is 6. The van der Waals surface area contributed by atoms with Gasteiger partial charge in [-0.25, -0.2) is 9.59 Å². The van der Waals surface area contributed by atoms with Gasteiger partial charge in [0.25, 0.3) is 0 Å². The fourth-order valence-electron chi connectivity index (χ4n) is 1.93. The highest BCUT2D eigenvalue weighted by Gasteiger charge is 2.43. The molecule has 0 saturated carbocycles. The van der Waals surface area contributed by atoms with Crippen molar-refractivity contribution in [3.05, 3.63) is 0 Å². The number of hydrogen-bond acceptors (Lipinski definition) is 5. The van der Waals surface area contributed by atoms with Crippen molar-refractivity contribution in [3.8, 4) is 0 Å². The van der Waals surface area contributed by atoms with Crippen molar-refractivity contribution in [2.75, 3.05) is 13.2 Å². The first-order chi connectivity index (χ1) is 9.84. The van der Waals surface area contributed by atoms with E-state index in [0.29, 0.717) is 0 Å². The second-order valence-electron chi connectivity index (χ2n) is 6.78. The van der Waals surface area contributed by atoms with E-state index in [1.165, 1.54) is 0 Å². The first-order valence-electron chi connectivity index (χ1n) is 6.96. The highest BCUT2D eigenvalue weighted by molar-refractivity contribution is 5.70. The van der Waals surface area contributed by atoms with Gasteiger partial charge in [-0.05, 0) is 41.5 Å². The Balaban J connectivity index is 5.76. The predicted octanol–water partition coefficient (Wildman–Crippen LogP) is 1.31. The molecule has 0 saturated heterocycles. The van der Waals surface area contributed by atoms with Gasteiger partial charge in [-0.15, -0.1) is 0 Å². The average molecular weight is 320 g/mol. The summed E-state index contributed by atoms with van der Waals surface area (Å²) >= 11 is 0. The molecule has 0 aliphatic carbocycles. The molecule has 0 spiro atoms. The molecule has 0 aliphatic rings. The minimum Gasteiger partial charge on any atom is -0.465 e. The summed E-state index contributed by atoms with van der Waals surface area (Å²) < 4.78 is 0. The maximum atomic E-state index is 11.7. The summed E-state index contributed by atoms with van der Waals surface area (Å²) in [6, 6.07) is 0. The summed E-state index contributed by atoms with van der Waals surface area (Å²) in [4.78, 5) is 30.4. The molecule has 0 aromatic heterocycles. The van der Waals surface area contributed by atoms with Crippen LogP contribution in [0.15, 0.2) is 0 Å². The quantitative estimate of drug-likeness (QED) is 0.330. The zero-order valence-electron chi connectivity index (χ0n) is 14.1. The van der Waals surface area contributed by atoms with Crippen molar-refractivity contribution in [1.82, 2.24) is 15.3 Å². The summed E-state index contributed by atoms with van der Waals surface area (Å²) in [5.74, 6) is 0. The molecule has 5 N–H and O–H groups in total. The Labute approximate surface area is 131 Å². The van der Waals surface area contributed by atoms with E-state index in [0.717, 1.165) is 9.80 Å². The number of carboxylic acid groups (broad SMARTS) is 2. The normalized spacial score (nSPS) is 12.4. The van der Waals surface area contributed by atoms with E-state index in [1.54, 1.807) is 41.5 Å². The summed E-state index contributed by atoms with van der Waals surface area (Å²) in [7, 11) is 0. The van der Waals surface area contributed by atoms with E-state index < -0.39 is 29.6 Å². The van der Waals surface area contributed by atoms with E-state index in [4.69, 9.17) is 10.6 Å². The Morgan fingerprint density at radius 1 is 1.05 bits per heavy atom. The molecule has 0 unspecified atom stereocenters. The Morgan fingerprint density at radius 2 is 1.41 bits per heavy atom. The summed E-state index contributed by atoms with van der Waals surface area (Å²) in [6.45, 7) is 10.3. The van der Waals surface area contributed by atoms with Gasteiger partial charge in [-0.1, -0.05) is 0 Å². The van der Waals surface area contributed by atoms with Gasteiger partial charge >= 0.3 is 12.2 Å². The minimum atomic E-state index is -1.27. The van der Waals surface area contributed by atoms with Crippen LogP contribution in [0.2, 0.25) is 0 Å². The molecule has 22 heavy (non-hydrogen) atoms. The molecule has 0 aromatic rings. The fourth-order valence-corrected chi connectivity index (χ4v) is 1.93. The minimum absolute atomic E-state index is 0.117. The van der Waals surface area contributed by atoms with Gasteiger partial charge in [-0.2, -0.15) is 5.48 Å². The van der Waals surface area contributed by atoms with Crippen molar-refractivity contribution >= 4 is 12.2 Å². The maximum Gasteiger partial charge on any atom is 0.410 e. The zero-order chi connectivity index (χ0) is 17.7. The molecule has 130 valence electrons. The summed E-state index contributed by atoms with van der Waals surface area (Å²) in [5, 5.41) is 19.0. The molecule has 2 amide bonds. The first-order valence-corrected chi connectivity index (χ1v) is 6.96. The molecule has 0 fully saturated rings. The second-order valence-corrected chi connectivity index (χ2v) is 6.78. The van der Waals surface area contributed by atoms with Gasteiger partial charge in [0.2, 0.25) is 0 Å². The molecule has 0 rings (SSSR count). The molecule has 0 atom stereocenters. The van der Waals surface area contributed by atoms with Crippen molar-refractivity contribution in [2.24, 2.45) is 5.73 Å². The van der Waals surface area contributed by atoms with Crippen molar-refractivity contribution < 1.29 is 24.6 Å². The number of hydroxylamine groups is 1. The summed E-state index contributed by atoms with van der Waals surface area (Å²) in [5.41, 5.74) is 6.13. The maximum absolute atomic E-state index is 11.7. The molecule has 0 aliphatic heterocycles. The Kier molecular flexibility index (Phi) is 7.07. The number of hydrogen-bond donors (Lipinski definition) is 4. The lowest BCUT2D eigenvalue weighted by molar-refractivity contribution is -0.120. The van der Waals surface area contributed by atoms with Gasteiger partial charge in [0, 0.05) is 17.6 Å². The van der Waals surface area contributed by atoms with E-state index >= 15 is 0 Å². The van der Waals surface area contributed by atoms with Gasteiger partial charge in [0.15, 0.2) is 6.29 Å². The molecular formula is C13H28N4O5. The number of nitrogens with two attached hydrogens (primary N) is 1. The zero-order valence-corrected chi connectivity index (χ0v) is 14.1. The lowest BCUT2D eigenvalue weighted by Crippen LogP contribution is -2.68. The molecule has 0 aromatic carbocycles. The van der Waals surface area contributed by atoms with Crippen LogP contribution in [0.4, 0.5) is 9.59 Å². The molecule has 0 radical (unpaired) electrons. The third-order valence-corrected chi connectivity index (χ3v) is 2.76. The number of carbonyl (C=O) groups is 2. The van der Waals surface area contributed by atoms with Crippen LogP contribution in [0.5, 0.6) is 0 Å². The molecule has 0 bridgehead atoms. The van der Waals surface area contributed by atoms with E-state index in [-0.39, 0.29) is 13.2 Å². The smallest absolute Gasteiger partial charge is 0.410 e. The lowest BCUT2D eigenvalue weighted by atomic mass is 10.0. The van der Waals surface area contributed by atoms with Crippen LogP contribution in [0, 0.1) is 0 Å². The molecule has 9 heteroatoms. The third kappa shape index (κ3) is 5.66. The van der Waals surface area contributed by atoms with Gasteiger partial charge in [0.1, 0.15) is 0 Å². The van der Waals surface area contributed by atoms with Gasteiger partial charge < -0.3 is 15.9 Å².